The molecule has 2 bridgehead atoms. The van der Waals surface area contributed by atoms with Crippen LogP contribution in [0.25, 0.3) is 32.9 Å². The van der Waals surface area contributed by atoms with E-state index in [1.807, 2.05) is 57.9 Å². The van der Waals surface area contributed by atoms with Crippen molar-refractivity contribution >= 4 is 53.4 Å². The third-order valence-corrected chi connectivity index (χ3v) is 18.0. The number of pyridine rings is 1. The van der Waals surface area contributed by atoms with Crippen LogP contribution in [0.15, 0.2) is 35.5 Å². The molecule has 2 fully saturated rings. The third-order valence-electron chi connectivity index (χ3n) is 11.1. The maximum absolute atomic E-state index is 17.5. The Morgan fingerprint density at radius 3 is 2.11 bits per heavy atom. The van der Waals surface area contributed by atoms with Crippen molar-refractivity contribution in [2.24, 2.45) is 0 Å². The number of rotatable bonds is 8. The van der Waals surface area contributed by atoms with Crippen molar-refractivity contribution in [2.45, 2.75) is 135 Å². The summed E-state index contributed by atoms with van der Waals surface area (Å²) in [5.41, 5.74) is 4.86. The van der Waals surface area contributed by atoms with E-state index in [1.165, 1.54) is 17.8 Å². The molecule has 2 aromatic carbocycles. The molecule has 2 aromatic heterocycles. The number of halogens is 2. The first kappa shape index (κ1) is 40.7. The average molecular weight is 788 g/mol. The van der Waals surface area contributed by atoms with E-state index in [0.29, 0.717) is 57.0 Å². The molecule has 2 aliphatic rings. The van der Waals surface area contributed by atoms with Gasteiger partial charge in [-0.2, -0.15) is 0 Å². The number of ether oxygens (including phenoxy) is 2. The maximum Gasteiger partial charge on any atom is 0.410 e. The topological polar surface area (TPSA) is 80.7 Å². The summed E-state index contributed by atoms with van der Waals surface area (Å²) >= 11 is 1.32. The Kier molecular flexibility index (Phi) is 11.5. The molecule has 2 saturated heterocycles. The van der Waals surface area contributed by atoms with Crippen molar-refractivity contribution in [2.75, 3.05) is 24.2 Å². The van der Waals surface area contributed by atoms with Gasteiger partial charge in [-0.3, -0.25) is 4.90 Å². The molecule has 12 heteroatoms. The van der Waals surface area contributed by atoms with Crippen LogP contribution in [0.3, 0.4) is 0 Å². The molecule has 4 heterocycles. The molecule has 2 aliphatic heterocycles. The van der Waals surface area contributed by atoms with Crippen LogP contribution in [-0.2, 0) is 4.74 Å². The summed E-state index contributed by atoms with van der Waals surface area (Å²) in [6, 6.07) is 8.44. The zero-order valence-corrected chi connectivity index (χ0v) is 36.1. The lowest BCUT2D eigenvalue weighted by atomic mass is 9.96. The average Bonchev–Trinajstić information content (AvgIpc) is 3.37. The van der Waals surface area contributed by atoms with Gasteiger partial charge in [-0.25, -0.2) is 28.5 Å². The molecule has 294 valence electrons. The highest BCUT2D eigenvalue weighted by atomic mass is 32.2. The van der Waals surface area contributed by atoms with Crippen molar-refractivity contribution in [3.05, 3.63) is 47.5 Å². The summed E-state index contributed by atoms with van der Waals surface area (Å²) in [6.45, 7) is 23.7. The van der Waals surface area contributed by atoms with E-state index >= 15 is 8.78 Å². The summed E-state index contributed by atoms with van der Waals surface area (Å²) in [7, 11) is -2.24. The van der Waals surface area contributed by atoms with Crippen LogP contribution in [-0.4, -0.2) is 77.2 Å². The number of hydrogen-bond acceptors (Lipinski definition) is 8. The number of amides is 1. The number of benzene rings is 2. The summed E-state index contributed by atoms with van der Waals surface area (Å²) in [5.74, 6) is 2.94. The third kappa shape index (κ3) is 7.63. The SMILES string of the molecule is CSc1nc(N2CC3CCC(C2)N3C(=O)OC(C)(C)C)c2c(OC(C)C)nc(-c3cccc4ccc(F)c(C#C[Si](C(C)C)(C(C)C)C(C)C)c34)c(F)c2n1. The zero-order chi connectivity index (χ0) is 40.1. The molecule has 0 saturated carbocycles. The van der Waals surface area contributed by atoms with Crippen molar-refractivity contribution < 1.29 is 23.0 Å². The number of thioether (sulfide) groups is 1. The molecule has 0 radical (unpaired) electrons. The van der Waals surface area contributed by atoms with Gasteiger partial charge in [0.05, 0.1) is 23.8 Å². The number of aromatic nitrogens is 3. The maximum atomic E-state index is 17.5. The molecule has 6 rings (SSSR count). The lowest BCUT2D eigenvalue weighted by Gasteiger charge is -2.42. The van der Waals surface area contributed by atoms with E-state index in [9.17, 15) is 4.79 Å². The number of carbonyl (C=O) groups excluding carboxylic acids is 1. The lowest BCUT2D eigenvalue weighted by Crippen LogP contribution is -2.57. The second kappa shape index (κ2) is 15.5. The molecule has 2 unspecified atom stereocenters. The van der Waals surface area contributed by atoms with E-state index in [0.717, 1.165) is 18.2 Å². The molecule has 2 atom stereocenters. The summed E-state index contributed by atoms with van der Waals surface area (Å²) in [6.07, 6.45) is 2.87. The number of hydrogen-bond donors (Lipinski definition) is 0. The van der Waals surface area contributed by atoms with E-state index in [2.05, 4.69) is 57.9 Å². The van der Waals surface area contributed by atoms with Gasteiger partial charge in [-0.1, -0.05) is 83.5 Å². The first-order valence-corrected chi connectivity index (χ1v) is 23.0. The van der Waals surface area contributed by atoms with Crippen LogP contribution >= 0.6 is 11.8 Å². The molecular formula is C43H55F2N5O3SSi. The standard InChI is InChI=1S/C43H55F2N5O3SSi/c1-24(2)52-40-35-38(47-41(54-12)48-39(35)49-22-29-17-18-30(23-49)50(29)42(51)53-43(9,10)11)36(45)37(46-40)32-15-13-14-28-16-19-33(44)31(34(28)32)20-21-55(25(3)4,26(5)6)27(7)8/h13-16,19,24-27,29-30H,17-18,22-23H2,1-12H3. The van der Waals surface area contributed by atoms with Gasteiger partial charge in [-0.15, -0.1) is 5.54 Å². The Morgan fingerprint density at radius 2 is 1.55 bits per heavy atom. The van der Waals surface area contributed by atoms with E-state index in [-0.39, 0.29) is 46.9 Å². The molecular weight excluding hydrogens is 733 g/mol. The minimum atomic E-state index is -2.24. The minimum Gasteiger partial charge on any atom is -0.474 e. The van der Waals surface area contributed by atoms with Gasteiger partial charge in [0.2, 0.25) is 5.88 Å². The number of piperazine rings is 1. The van der Waals surface area contributed by atoms with Crippen molar-refractivity contribution in [1.82, 2.24) is 19.9 Å². The fourth-order valence-electron chi connectivity index (χ4n) is 8.88. The highest BCUT2D eigenvalue weighted by molar-refractivity contribution is 7.98. The van der Waals surface area contributed by atoms with E-state index in [1.54, 1.807) is 12.1 Å². The normalized spacial score (nSPS) is 17.6. The first-order valence-electron chi connectivity index (χ1n) is 19.5. The van der Waals surface area contributed by atoms with Crippen LogP contribution < -0.4 is 9.64 Å². The quantitative estimate of drug-likeness (QED) is 0.0756. The van der Waals surface area contributed by atoms with Gasteiger partial charge in [-0.05, 0) is 81.8 Å². The van der Waals surface area contributed by atoms with Crippen molar-refractivity contribution in [3.63, 3.8) is 0 Å². The van der Waals surface area contributed by atoms with Gasteiger partial charge in [0.1, 0.15) is 41.9 Å². The number of carbonyl (C=O) groups is 1. The lowest BCUT2D eigenvalue weighted by molar-refractivity contribution is 0.0122. The van der Waals surface area contributed by atoms with Gasteiger partial charge in [0.25, 0.3) is 0 Å². The number of anilines is 1. The Morgan fingerprint density at radius 1 is 0.909 bits per heavy atom. The van der Waals surface area contributed by atoms with Gasteiger partial charge in [0.15, 0.2) is 11.0 Å². The van der Waals surface area contributed by atoms with E-state index in [4.69, 9.17) is 24.4 Å². The summed E-state index contributed by atoms with van der Waals surface area (Å²) in [5, 5.41) is 1.99. The fourth-order valence-corrected chi connectivity index (χ4v) is 14.4. The molecule has 55 heavy (non-hydrogen) atoms. The first-order chi connectivity index (χ1) is 25.9. The largest absolute Gasteiger partial charge is 0.474 e. The zero-order valence-electron chi connectivity index (χ0n) is 34.3. The number of fused-ring (bicyclic) bond motifs is 4. The number of nitrogens with zero attached hydrogens (tertiary/aromatic N) is 5. The molecule has 0 spiro atoms. The monoisotopic (exact) mass is 787 g/mol. The van der Waals surface area contributed by atoms with Crippen LogP contribution in [0.1, 0.15) is 94.6 Å². The molecule has 4 aromatic rings. The Balaban J connectivity index is 1.56. The predicted molar refractivity (Wildman–Crippen MR) is 223 cm³/mol. The van der Waals surface area contributed by atoms with Crippen LogP contribution in [0, 0.1) is 23.1 Å². The second-order valence-corrected chi connectivity index (χ2v) is 23.5. The highest BCUT2D eigenvalue weighted by Crippen LogP contribution is 2.44. The van der Waals surface area contributed by atoms with Gasteiger partial charge >= 0.3 is 6.09 Å². The molecule has 0 N–H and O–H groups in total. The Hall–Kier alpha value is -3.95. The van der Waals surface area contributed by atoms with Gasteiger partial charge in [0, 0.05) is 24.0 Å². The minimum absolute atomic E-state index is 0.00834. The van der Waals surface area contributed by atoms with E-state index < -0.39 is 25.3 Å². The van der Waals surface area contributed by atoms with Crippen molar-refractivity contribution in [3.8, 4) is 28.6 Å². The van der Waals surface area contributed by atoms with Crippen molar-refractivity contribution in [1.29, 1.82) is 0 Å². The molecule has 0 aliphatic carbocycles. The van der Waals surface area contributed by atoms with Crippen LogP contribution in [0.5, 0.6) is 5.88 Å². The fraction of sp³-hybridized carbons (Fsp3) is 0.535. The predicted octanol–water partition coefficient (Wildman–Crippen LogP) is 10.8. The van der Waals surface area contributed by atoms with Gasteiger partial charge < -0.3 is 14.4 Å². The molecule has 1 amide bonds. The second-order valence-electron chi connectivity index (χ2n) is 17.2. The summed E-state index contributed by atoms with van der Waals surface area (Å²) in [4.78, 5) is 31.8. The van der Waals surface area contributed by atoms with Crippen LogP contribution in [0.2, 0.25) is 16.6 Å². The smallest absolute Gasteiger partial charge is 0.410 e. The Bertz CT molecular complexity index is 2140. The highest BCUT2D eigenvalue weighted by Gasteiger charge is 2.46. The summed E-state index contributed by atoms with van der Waals surface area (Å²) < 4.78 is 45.7. The van der Waals surface area contributed by atoms with Crippen LogP contribution in [0.4, 0.5) is 19.4 Å². The molecule has 8 nitrogen and oxygen atoms in total. The Labute approximate surface area is 330 Å².